The number of nitrogens with zero attached hydrogens (tertiary/aromatic N) is 3. The van der Waals surface area contributed by atoms with Crippen LogP contribution < -0.4 is 19.5 Å². The van der Waals surface area contributed by atoms with Gasteiger partial charge in [-0.05, 0) is 12.1 Å². The number of para-hydroxylation sites is 2. The Hall–Kier alpha value is -3.03. The lowest BCUT2D eigenvalue weighted by atomic mass is 10.3. The third-order valence-corrected chi connectivity index (χ3v) is 3.87. The van der Waals surface area contributed by atoms with Crippen molar-refractivity contribution in [1.82, 2.24) is 14.9 Å². The highest BCUT2D eigenvalue weighted by molar-refractivity contribution is 5.91. The van der Waals surface area contributed by atoms with Crippen molar-refractivity contribution in [2.75, 3.05) is 32.6 Å². The number of hydrogen-bond acceptors (Lipinski definition) is 6. The number of anilines is 1. The summed E-state index contributed by atoms with van der Waals surface area (Å²) >= 11 is 0. The second-order valence-electron chi connectivity index (χ2n) is 5.50. The Morgan fingerprint density at radius 1 is 1.20 bits per heavy atom. The molecule has 8 nitrogen and oxygen atoms in total. The molecule has 2 heterocycles. The van der Waals surface area contributed by atoms with Gasteiger partial charge in [-0.2, -0.15) is 4.98 Å². The van der Waals surface area contributed by atoms with Gasteiger partial charge in [-0.25, -0.2) is 4.79 Å². The first-order valence-electron chi connectivity index (χ1n) is 7.91. The molecule has 2 amide bonds. The molecule has 3 rings (SSSR count). The third kappa shape index (κ3) is 4.09. The van der Waals surface area contributed by atoms with Gasteiger partial charge < -0.3 is 24.4 Å². The maximum atomic E-state index is 12.4. The number of ether oxygens (including phenoxy) is 3. The molecule has 1 aliphatic rings. The summed E-state index contributed by atoms with van der Waals surface area (Å²) < 4.78 is 16.1. The molecule has 1 saturated heterocycles. The quantitative estimate of drug-likeness (QED) is 0.895. The molecule has 0 aliphatic carbocycles. The molecule has 25 heavy (non-hydrogen) atoms. The number of rotatable bonds is 5. The first-order chi connectivity index (χ1) is 12.2. The van der Waals surface area contributed by atoms with E-state index in [1.807, 2.05) is 12.1 Å². The number of aromatic nitrogens is 2. The number of amides is 2. The van der Waals surface area contributed by atoms with Crippen molar-refractivity contribution in [3.8, 4) is 17.5 Å². The zero-order chi connectivity index (χ0) is 17.6. The third-order valence-electron chi connectivity index (χ3n) is 3.87. The maximum absolute atomic E-state index is 12.4. The van der Waals surface area contributed by atoms with E-state index < -0.39 is 0 Å². The molecule has 0 saturated carbocycles. The standard InChI is InChI=1S/C17H20N4O4/c1-23-14-6-4-3-5-13(14)19-17(22)21-8-7-12(11-21)25-16-10-18-9-15(20-16)24-2/h3-6,9-10,12H,7-8,11H2,1-2H3,(H,19,22). The van der Waals surface area contributed by atoms with Gasteiger partial charge in [0.2, 0.25) is 11.8 Å². The van der Waals surface area contributed by atoms with Crippen LogP contribution in [0.5, 0.6) is 17.5 Å². The van der Waals surface area contributed by atoms with Crippen LogP contribution in [0, 0.1) is 0 Å². The molecule has 0 radical (unpaired) electrons. The van der Waals surface area contributed by atoms with Crippen LogP contribution in [-0.2, 0) is 0 Å². The van der Waals surface area contributed by atoms with Gasteiger partial charge in [0.05, 0.1) is 38.8 Å². The van der Waals surface area contributed by atoms with Gasteiger partial charge in [-0.15, -0.1) is 0 Å². The van der Waals surface area contributed by atoms with Crippen LogP contribution in [0.2, 0.25) is 0 Å². The van der Waals surface area contributed by atoms with E-state index in [4.69, 9.17) is 14.2 Å². The number of carbonyl (C=O) groups excluding carboxylic acids is 1. The van der Waals surface area contributed by atoms with Crippen LogP contribution in [0.3, 0.4) is 0 Å². The van der Waals surface area contributed by atoms with E-state index in [9.17, 15) is 4.79 Å². The SMILES string of the molecule is COc1cncc(OC2CCN(C(=O)Nc3ccccc3OC)C2)n1. The fourth-order valence-electron chi connectivity index (χ4n) is 2.61. The molecule has 0 bridgehead atoms. The van der Waals surface area contributed by atoms with E-state index in [1.165, 1.54) is 19.5 Å². The van der Waals surface area contributed by atoms with Gasteiger partial charge in [0, 0.05) is 13.0 Å². The highest BCUT2D eigenvalue weighted by Gasteiger charge is 2.28. The summed E-state index contributed by atoms with van der Waals surface area (Å²) in [5, 5.41) is 2.86. The fraction of sp³-hybridized carbons (Fsp3) is 0.353. The Labute approximate surface area is 145 Å². The summed E-state index contributed by atoms with van der Waals surface area (Å²) in [4.78, 5) is 22.3. The number of nitrogens with one attached hydrogen (secondary N) is 1. The number of benzene rings is 1. The molecule has 8 heteroatoms. The monoisotopic (exact) mass is 344 g/mol. The van der Waals surface area contributed by atoms with Gasteiger partial charge in [-0.1, -0.05) is 12.1 Å². The van der Waals surface area contributed by atoms with E-state index in [0.717, 1.165) is 6.42 Å². The summed E-state index contributed by atoms with van der Waals surface area (Å²) in [5.41, 5.74) is 0.637. The highest BCUT2D eigenvalue weighted by Crippen LogP contribution is 2.24. The number of hydrogen-bond donors (Lipinski definition) is 1. The lowest BCUT2D eigenvalue weighted by molar-refractivity contribution is 0.188. The van der Waals surface area contributed by atoms with Crippen LogP contribution in [0.25, 0.3) is 0 Å². The van der Waals surface area contributed by atoms with Crippen LogP contribution in [0.15, 0.2) is 36.7 Å². The Bertz CT molecular complexity index is 740. The summed E-state index contributed by atoms with van der Waals surface area (Å²) in [6, 6.07) is 7.10. The minimum Gasteiger partial charge on any atom is -0.495 e. The molecule has 1 unspecified atom stereocenters. The van der Waals surface area contributed by atoms with Gasteiger partial charge in [-0.3, -0.25) is 4.98 Å². The second kappa shape index (κ2) is 7.69. The van der Waals surface area contributed by atoms with Gasteiger partial charge in [0.1, 0.15) is 11.9 Å². The van der Waals surface area contributed by atoms with Crippen LogP contribution >= 0.6 is 0 Å². The lowest BCUT2D eigenvalue weighted by Crippen LogP contribution is -2.34. The molecule has 1 N–H and O–H groups in total. The Morgan fingerprint density at radius 3 is 2.80 bits per heavy atom. The van der Waals surface area contributed by atoms with E-state index in [1.54, 1.807) is 24.1 Å². The molecule has 1 aliphatic heterocycles. The minimum absolute atomic E-state index is 0.134. The largest absolute Gasteiger partial charge is 0.495 e. The zero-order valence-electron chi connectivity index (χ0n) is 14.1. The predicted octanol–water partition coefficient (Wildman–Crippen LogP) is 2.18. The molecule has 1 fully saturated rings. The van der Waals surface area contributed by atoms with Crippen LogP contribution in [0.1, 0.15) is 6.42 Å². The van der Waals surface area contributed by atoms with Crippen molar-refractivity contribution in [2.24, 2.45) is 0 Å². The van der Waals surface area contributed by atoms with Crippen molar-refractivity contribution >= 4 is 11.7 Å². The van der Waals surface area contributed by atoms with E-state index >= 15 is 0 Å². The van der Waals surface area contributed by atoms with Crippen molar-refractivity contribution in [3.63, 3.8) is 0 Å². The molecular weight excluding hydrogens is 324 g/mol. The smallest absolute Gasteiger partial charge is 0.322 e. The van der Waals surface area contributed by atoms with Crippen molar-refractivity contribution in [3.05, 3.63) is 36.7 Å². The van der Waals surface area contributed by atoms with Crippen molar-refractivity contribution < 1.29 is 19.0 Å². The van der Waals surface area contributed by atoms with Gasteiger partial charge in [0.25, 0.3) is 0 Å². The molecular formula is C17H20N4O4. The van der Waals surface area contributed by atoms with Crippen LogP contribution in [0.4, 0.5) is 10.5 Å². The lowest BCUT2D eigenvalue weighted by Gasteiger charge is -2.18. The number of likely N-dealkylation sites (tertiary alicyclic amines) is 1. The average Bonchev–Trinajstić information content (AvgIpc) is 3.11. The molecule has 1 atom stereocenters. The number of urea groups is 1. The molecule has 1 aromatic heterocycles. The number of methoxy groups -OCH3 is 2. The van der Waals surface area contributed by atoms with E-state index in [2.05, 4.69) is 15.3 Å². The normalized spacial score (nSPS) is 16.4. The molecule has 2 aromatic rings. The van der Waals surface area contributed by atoms with Crippen molar-refractivity contribution in [1.29, 1.82) is 0 Å². The Balaban J connectivity index is 1.57. The number of carbonyl (C=O) groups is 1. The average molecular weight is 344 g/mol. The van der Waals surface area contributed by atoms with Gasteiger partial charge in [0.15, 0.2) is 0 Å². The summed E-state index contributed by atoms with van der Waals surface area (Å²) in [7, 11) is 3.09. The summed E-state index contributed by atoms with van der Waals surface area (Å²) in [6.07, 6.45) is 3.62. The predicted molar refractivity (Wildman–Crippen MR) is 91.2 cm³/mol. The molecule has 132 valence electrons. The van der Waals surface area contributed by atoms with E-state index in [-0.39, 0.29) is 12.1 Å². The van der Waals surface area contributed by atoms with Crippen molar-refractivity contribution in [2.45, 2.75) is 12.5 Å². The van der Waals surface area contributed by atoms with E-state index in [0.29, 0.717) is 36.3 Å². The first-order valence-corrected chi connectivity index (χ1v) is 7.91. The Kier molecular flexibility index (Phi) is 5.17. The van der Waals surface area contributed by atoms with Crippen LogP contribution in [-0.4, -0.2) is 54.3 Å². The Morgan fingerprint density at radius 2 is 2.00 bits per heavy atom. The minimum atomic E-state index is -0.188. The molecule has 1 aromatic carbocycles. The molecule has 0 spiro atoms. The summed E-state index contributed by atoms with van der Waals surface area (Å²) in [6.45, 7) is 1.07. The first kappa shape index (κ1) is 16.8. The topological polar surface area (TPSA) is 85.8 Å². The maximum Gasteiger partial charge on any atom is 0.322 e. The van der Waals surface area contributed by atoms with Gasteiger partial charge >= 0.3 is 6.03 Å². The summed E-state index contributed by atoms with van der Waals surface area (Å²) in [5.74, 6) is 1.40. The highest BCUT2D eigenvalue weighted by atomic mass is 16.5. The fourth-order valence-corrected chi connectivity index (χ4v) is 2.61. The zero-order valence-corrected chi connectivity index (χ0v) is 14.1. The second-order valence-corrected chi connectivity index (χ2v) is 5.50.